The zero-order valence-electron chi connectivity index (χ0n) is 15.5. The molecular weight excluding hydrogens is 381 g/mol. The van der Waals surface area contributed by atoms with Crippen LogP contribution < -0.4 is 10.1 Å². The number of ether oxygens (including phenoxy) is 1. The third-order valence-electron chi connectivity index (χ3n) is 4.02. The lowest BCUT2D eigenvalue weighted by Gasteiger charge is -2.10. The standard InChI is InChI=1S/C20H20FN3O3S/c1-13(19(25)22-12-15-5-3-4-6-17(15)21)28-20-24-23-18(27-20)11-14-7-9-16(26-2)10-8-14/h3-10,13H,11-12H2,1-2H3,(H,22,25). The molecule has 1 heterocycles. The molecule has 1 atom stereocenters. The molecular formula is C20H20FN3O3S. The molecule has 3 aromatic rings. The lowest BCUT2D eigenvalue weighted by molar-refractivity contribution is -0.120. The number of methoxy groups -OCH3 is 1. The van der Waals surface area contributed by atoms with E-state index in [0.29, 0.717) is 23.1 Å². The monoisotopic (exact) mass is 401 g/mol. The lowest BCUT2D eigenvalue weighted by Crippen LogP contribution is -2.30. The van der Waals surface area contributed by atoms with Crippen LogP contribution in [-0.4, -0.2) is 28.5 Å². The third-order valence-corrected chi connectivity index (χ3v) is 4.95. The van der Waals surface area contributed by atoms with E-state index in [4.69, 9.17) is 9.15 Å². The molecule has 0 aliphatic carbocycles. The van der Waals surface area contributed by atoms with Crippen LogP contribution in [0.4, 0.5) is 4.39 Å². The van der Waals surface area contributed by atoms with E-state index in [1.807, 2.05) is 24.3 Å². The molecule has 0 saturated heterocycles. The Morgan fingerprint density at radius 3 is 2.68 bits per heavy atom. The number of nitrogens with one attached hydrogen (secondary N) is 1. The van der Waals surface area contributed by atoms with Crippen molar-refractivity contribution in [2.24, 2.45) is 0 Å². The fraction of sp³-hybridized carbons (Fsp3) is 0.250. The zero-order valence-corrected chi connectivity index (χ0v) is 16.3. The summed E-state index contributed by atoms with van der Waals surface area (Å²) in [6, 6.07) is 13.9. The molecule has 8 heteroatoms. The molecule has 1 unspecified atom stereocenters. The predicted octanol–water partition coefficient (Wildman–Crippen LogP) is 3.61. The highest BCUT2D eigenvalue weighted by Gasteiger charge is 2.18. The molecule has 1 N–H and O–H groups in total. The second-order valence-corrected chi connectivity index (χ2v) is 7.35. The van der Waals surface area contributed by atoms with Crippen molar-refractivity contribution in [3.05, 3.63) is 71.4 Å². The van der Waals surface area contributed by atoms with Crippen LogP contribution in [0.15, 0.2) is 58.2 Å². The van der Waals surface area contributed by atoms with E-state index in [0.717, 1.165) is 23.1 Å². The maximum absolute atomic E-state index is 13.6. The van der Waals surface area contributed by atoms with Gasteiger partial charge in [-0.2, -0.15) is 0 Å². The summed E-state index contributed by atoms with van der Waals surface area (Å²) < 4.78 is 24.4. The summed E-state index contributed by atoms with van der Waals surface area (Å²) in [6.45, 7) is 1.86. The van der Waals surface area contributed by atoms with E-state index in [-0.39, 0.29) is 18.3 Å². The second-order valence-electron chi connectivity index (χ2n) is 6.06. The maximum atomic E-state index is 13.6. The van der Waals surface area contributed by atoms with Crippen LogP contribution in [0.1, 0.15) is 23.9 Å². The molecule has 0 radical (unpaired) electrons. The largest absolute Gasteiger partial charge is 0.497 e. The topological polar surface area (TPSA) is 77.2 Å². The van der Waals surface area contributed by atoms with Crippen molar-refractivity contribution in [3.63, 3.8) is 0 Å². The second kappa shape index (κ2) is 9.36. The summed E-state index contributed by atoms with van der Waals surface area (Å²) in [7, 11) is 1.62. The fourth-order valence-electron chi connectivity index (χ4n) is 2.45. The molecule has 0 aliphatic rings. The van der Waals surface area contributed by atoms with Gasteiger partial charge in [0.1, 0.15) is 11.6 Å². The Morgan fingerprint density at radius 2 is 1.96 bits per heavy atom. The molecule has 146 valence electrons. The predicted molar refractivity (Wildman–Crippen MR) is 104 cm³/mol. The van der Waals surface area contributed by atoms with E-state index >= 15 is 0 Å². The van der Waals surface area contributed by atoms with Crippen molar-refractivity contribution in [1.29, 1.82) is 0 Å². The minimum Gasteiger partial charge on any atom is -0.497 e. The molecule has 0 bridgehead atoms. The molecule has 1 aromatic heterocycles. The Morgan fingerprint density at radius 1 is 1.21 bits per heavy atom. The Kier molecular flexibility index (Phi) is 6.65. The van der Waals surface area contributed by atoms with Crippen LogP contribution in [0.3, 0.4) is 0 Å². The number of hydrogen-bond acceptors (Lipinski definition) is 6. The molecule has 0 aliphatic heterocycles. The highest BCUT2D eigenvalue weighted by molar-refractivity contribution is 8.00. The number of halogens is 1. The number of benzene rings is 2. The quantitative estimate of drug-likeness (QED) is 0.581. The van der Waals surface area contributed by atoms with Crippen LogP contribution in [-0.2, 0) is 17.8 Å². The first kappa shape index (κ1) is 19.9. The van der Waals surface area contributed by atoms with Crippen LogP contribution in [0, 0.1) is 5.82 Å². The first-order chi connectivity index (χ1) is 13.5. The van der Waals surface area contributed by atoms with Crippen molar-refractivity contribution in [3.8, 4) is 5.75 Å². The summed E-state index contributed by atoms with van der Waals surface area (Å²) >= 11 is 1.16. The van der Waals surface area contributed by atoms with Gasteiger partial charge in [-0.15, -0.1) is 10.2 Å². The van der Waals surface area contributed by atoms with E-state index in [2.05, 4.69) is 15.5 Å². The zero-order chi connectivity index (χ0) is 19.9. The van der Waals surface area contributed by atoms with Gasteiger partial charge in [0.15, 0.2) is 0 Å². The van der Waals surface area contributed by atoms with Crippen LogP contribution in [0.5, 0.6) is 5.75 Å². The summed E-state index contributed by atoms with van der Waals surface area (Å²) in [6.07, 6.45) is 0.491. The number of carbonyl (C=O) groups excluding carboxylic acids is 1. The fourth-order valence-corrected chi connectivity index (χ4v) is 3.17. The van der Waals surface area contributed by atoms with E-state index < -0.39 is 5.25 Å². The normalized spacial score (nSPS) is 11.8. The molecule has 1 amide bonds. The smallest absolute Gasteiger partial charge is 0.277 e. The highest BCUT2D eigenvalue weighted by Crippen LogP contribution is 2.23. The molecule has 0 fully saturated rings. The number of aromatic nitrogens is 2. The SMILES string of the molecule is COc1ccc(Cc2nnc(SC(C)C(=O)NCc3ccccc3F)o2)cc1. The van der Waals surface area contributed by atoms with Crippen molar-refractivity contribution in [1.82, 2.24) is 15.5 Å². The molecule has 28 heavy (non-hydrogen) atoms. The molecule has 2 aromatic carbocycles. The molecule has 3 rings (SSSR count). The van der Waals surface area contributed by atoms with Gasteiger partial charge in [-0.1, -0.05) is 42.1 Å². The van der Waals surface area contributed by atoms with Crippen LogP contribution in [0.25, 0.3) is 0 Å². The Hall–Kier alpha value is -2.87. The Balaban J connectivity index is 1.52. The summed E-state index contributed by atoms with van der Waals surface area (Å²) in [5.74, 6) is 0.665. The van der Waals surface area contributed by atoms with Crippen molar-refractivity contribution in [2.45, 2.75) is 30.4 Å². The van der Waals surface area contributed by atoms with Gasteiger partial charge in [0.05, 0.1) is 18.8 Å². The Labute approximate surface area is 166 Å². The lowest BCUT2D eigenvalue weighted by atomic mass is 10.1. The maximum Gasteiger partial charge on any atom is 0.277 e. The Bertz CT molecular complexity index is 930. The molecule has 0 saturated carbocycles. The van der Waals surface area contributed by atoms with Gasteiger partial charge in [0, 0.05) is 12.1 Å². The number of hydrogen-bond donors (Lipinski definition) is 1. The van der Waals surface area contributed by atoms with Crippen molar-refractivity contribution < 1.29 is 18.3 Å². The van der Waals surface area contributed by atoms with E-state index in [1.54, 1.807) is 32.2 Å². The average molecular weight is 401 g/mol. The first-order valence-electron chi connectivity index (χ1n) is 8.68. The van der Waals surface area contributed by atoms with Gasteiger partial charge in [-0.05, 0) is 30.7 Å². The van der Waals surface area contributed by atoms with E-state index in [9.17, 15) is 9.18 Å². The van der Waals surface area contributed by atoms with Gasteiger partial charge in [-0.3, -0.25) is 4.79 Å². The van der Waals surface area contributed by atoms with Gasteiger partial charge < -0.3 is 14.5 Å². The first-order valence-corrected chi connectivity index (χ1v) is 9.56. The minimum absolute atomic E-state index is 0.128. The average Bonchev–Trinajstić information content (AvgIpc) is 3.14. The van der Waals surface area contributed by atoms with Gasteiger partial charge in [-0.25, -0.2) is 4.39 Å². The van der Waals surface area contributed by atoms with Crippen LogP contribution in [0.2, 0.25) is 0 Å². The number of nitrogens with zero attached hydrogens (tertiary/aromatic N) is 2. The summed E-state index contributed by atoms with van der Waals surface area (Å²) in [5, 5.41) is 10.6. The summed E-state index contributed by atoms with van der Waals surface area (Å²) in [4.78, 5) is 12.2. The summed E-state index contributed by atoms with van der Waals surface area (Å²) in [5.41, 5.74) is 1.45. The number of thioether (sulfide) groups is 1. The van der Waals surface area contributed by atoms with Crippen molar-refractivity contribution in [2.75, 3.05) is 7.11 Å². The molecule has 0 spiro atoms. The van der Waals surface area contributed by atoms with Gasteiger partial charge in [0.25, 0.3) is 5.22 Å². The van der Waals surface area contributed by atoms with Gasteiger partial charge >= 0.3 is 0 Å². The minimum atomic E-state index is -0.457. The van der Waals surface area contributed by atoms with Crippen LogP contribution >= 0.6 is 11.8 Å². The number of amides is 1. The highest BCUT2D eigenvalue weighted by atomic mass is 32.2. The number of rotatable bonds is 8. The molecule has 6 nitrogen and oxygen atoms in total. The van der Waals surface area contributed by atoms with Gasteiger partial charge in [0.2, 0.25) is 11.8 Å². The van der Waals surface area contributed by atoms with Crippen molar-refractivity contribution >= 4 is 17.7 Å². The number of carbonyl (C=O) groups is 1. The van der Waals surface area contributed by atoms with E-state index in [1.165, 1.54) is 6.07 Å². The third kappa shape index (κ3) is 5.32.